The summed E-state index contributed by atoms with van der Waals surface area (Å²) in [6, 6.07) is 66.8. The maximum Gasteiger partial charge on any atom is 0.143 e. The highest BCUT2D eigenvalue weighted by Crippen LogP contribution is 2.47. The summed E-state index contributed by atoms with van der Waals surface area (Å²) in [6.07, 6.45) is 0. The van der Waals surface area contributed by atoms with Gasteiger partial charge in [-0.15, -0.1) is 11.3 Å². The summed E-state index contributed by atoms with van der Waals surface area (Å²) >= 11 is 1.87. The van der Waals surface area contributed by atoms with Crippen molar-refractivity contribution in [3.05, 3.63) is 182 Å². The highest BCUT2D eigenvalue weighted by molar-refractivity contribution is 7.26. The second-order valence-electron chi connectivity index (χ2n) is 14.4. The maximum absolute atomic E-state index is 6.58. The van der Waals surface area contributed by atoms with Crippen molar-refractivity contribution in [2.24, 2.45) is 0 Å². The van der Waals surface area contributed by atoms with Crippen LogP contribution in [0.3, 0.4) is 0 Å². The number of furan rings is 1. The predicted molar refractivity (Wildman–Crippen MR) is 233 cm³/mol. The monoisotopic (exact) mass is 702 g/mol. The highest BCUT2D eigenvalue weighted by atomic mass is 32.1. The number of hydrogen-bond acceptors (Lipinski definition) is 2. The molecule has 12 rings (SSSR count). The van der Waals surface area contributed by atoms with Gasteiger partial charge in [0.05, 0.1) is 0 Å². The summed E-state index contributed by atoms with van der Waals surface area (Å²) in [5.41, 5.74) is 9.37. The number of thiophene rings is 1. The SMILES string of the molecule is c1cc(-c2ccc3ccccc3c2)cc(-c2c3ccccc3c(-c3ccc4c(c3)sc3cc5c(cc34)oc3c4ccccc4ccc53)c3ccccc23)c1. The third-order valence-corrected chi connectivity index (χ3v) is 12.5. The zero-order valence-electron chi connectivity index (χ0n) is 29.1. The molecule has 0 amide bonds. The van der Waals surface area contributed by atoms with E-state index in [4.69, 9.17) is 4.42 Å². The molecule has 0 N–H and O–H groups in total. The van der Waals surface area contributed by atoms with Crippen molar-refractivity contribution in [3.63, 3.8) is 0 Å². The molecule has 0 unspecified atom stereocenters. The quantitative estimate of drug-likeness (QED) is 0.167. The number of benzene rings is 10. The Morgan fingerprint density at radius 3 is 1.61 bits per heavy atom. The molecule has 0 aliphatic rings. The molecule has 0 saturated heterocycles. The van der Waals surface area contributed by atoms with Crippen LogP contribution >= 0.6 is 11.3 Å². The summed E-state index contributed by atoms with van der Waals surface area (Å²) < 4.78 is 9.15. The van der Waals surface area contributed by atoms with Crippen LogP contribution in [0.25, 0.3) is 119 Å². The lowest BCUT2D eigenvalue weighted by Crippen LogP contribution is -1.91. The molecule has 0 aliphatic heterocycles. The predicted octanol–water partition coefficient (Wildman–Crippen LogP) is 15.6. The Hall–Kier alpha value is -6.74. The molecule has 0 aliphatic carbocycles. The van der Waals surface area contributed by atoms with Gasteiger partial charge in [0.25, 0.3) is 0 Å². The van der Waals surface area contributed by atoms with Crippen molar-refractivity contribution in [1.82, 2.24) is 0 Å². The molecule has 0 radical (unpaired) electrons. The largest absolute Gasteiger partial charge is 0.455 e. The molecule has 1 nitrogen and oxygen atoms in total. The van der Waals surface area contributed by atoms with E-state index in [9.17, 15) is 0 Å². The van der Waals surface area contributed by atoms with E-state index in [1.807, 2.05) is 11.3 Å². The molecule has 2 heterocycles. The van der Waals surface area contributed by atoms with E-state index in [0.717, 1.165) is 16.6 Å². The van der Waals surface area contributed by atoms with Gasteiger partial charge in [-0.3, -0.25) is 0 Å². The van der Waals surface area contributed by atoms with Crippen LogP contribution in [-0.2, 0) is 0 Å². The van der Waals surface area contributed by atoms with Crippen LogP contribution in [0.2, 0.25) is 0 Å². The second kappa shape index (κ2) is 11.4. The summed E-state index contributed by atoms with van der Waals surface area (Å²) in [5, 5.41) is 14.8. The van der Waals surface area contributed by atoms with Crippen molar-refractivity contribution < 1.29 is 4.42 Å². The number of fused-ring (bicyclic) bond motifs is 11. The Labute approximate surface area is 314 Å². The molecule has 0 bridgehead atoms. The summed E-state index contributed by atoms with van der Waals surface area (Å²) in [6.45, 7) is 0. The van der Waals surface area contributed by atoms with Crippen molar-refractivity contribution in [2.75, 3.05) is 0 Å². The Morgan fingerprint density at radius 2 is 0.852 bits per heavy atom. The Bertz CT molecular complexity index is 3450. The van der Waals surface area contributed by atoms with Gasteiger partial charge in [-0.25, -0.2) is 0 Å². The first-order chi connectivity index (χ1) is 26.7. The van der Waals surface area contributed by atoms with Crippen molar-refractivity contribution in [1.29, 1.82) is 0 Å². The molecule has 54 heavy (non-hydrogen) atoms. The van der Waals surface area contributed by atoms with E-state index in [1.54, 1.807) is 0 Å². The molecule has 250 valence electrons. The fourth-order valence-electron chi connectivity index (χ4n) is 8.90. The normalized spacial score (nSPS) is 12.1. The van der Waals surface area contributed by atoms with Gasteiger partial charge in [0.2, 0.25) is 0 Å². The van der Waals surface area contributed by atoms with Gasteiger partial charge in [-0.2, -0.15) is 0 Å². The topological polar surface area (TPSA) is 13.1 Å². The molecular weight excluding hydrogens is 673 g/mol. The van der Waals surface area contributed by atoms with Crippen molar-refractivity contribution in [3.8, 4) is 33.4 Å². The first-order valence-electron chi connectivity index (χ1n) is 18.5. The average Bonchev–Trinajstić information content (AvgIpc) is 3.78. The Balaban J connectivity index is 1.04. The fourth-order valence-corrected chi connectivity index (χ4v) is 10.1. The molecule has 10 aromatic carbocycles. The van der Waals surface area contributed by atoms with Gasteiger partial charge >= 0.3 is 0 Å². The van der Waals surface area contributed by atoms with Crippen molar-refractivity contribution in [2.45, 2.75) is 0 Å². The minimum atomic E-state index is 0.940. The Kier molecular flexibility index (Phi) is 6.28. The van der Waals surface area contributed by atoms with Gasteiger partial charge < -0.3 is 4.42 Å². The maximum atomic E-state index is 6.58. The van der Waals surface area contributed by atoms with Gasteiger partial charge in [0, 0.05) is 36.3 Å². The highest BCUT2D eigenvalue weighted by Gasteiger charge is 2.19. The Morgan fingerprint density at radius 1 is 0.296 bits per heavy atom. The van der Waals surface area contributed by atoms with E-state index in [0.29, 0.717) is 0 Å². The number of hydrogen-bond donors (Lipinski definition) is 0. The third-order valence-electron chi connectivity index (χ3n) is 11.4. The van der Waals surface area contributed by atoms with E-state index in [-0.39, 0.29) is 0 Å². The van der Waals surface area contributed by atoms with Crippen LogP contribution < -0.4 is 0 Å². The van der Waals surface area contributed by atoms with Gasteiger partial charge in [0.1, 0.15) is 11.2 Å². The van der Waals surface area contributed by atoms with Crippen LogP contribution in [0.1, 0.15) is 0 Å². The minimum absolute atomic E-state index is 0.940. The second-order valence-corrected chi connectivity index (χ2v) is 15.5. The minimum Gasteiger partial charge on any atom is -0.455 e. The standard InChI is InChI=1S/C52H30OS/c1-2-12-33-26-35(21-20-31(33)10-1)34-13-9-14-36(27-34)50-40-16-5-7-18-42(40)51(43-19-8-6-17-41(43)50)37-23-24-39-46-29-47-45(30-49(46)54-48(39)28-37)44-25-22-32-11-3-4-15-38(32)52(44)53-47/h1-30H. The first-order valence-corrected chi connectivity index (χ1v) is 19.3. The number of rotatable bonds is 3. The molecule has 2 heteroatoms. The summed E-state index contributed by atoms with van der Waals surface area (Å²) in [7, 11) is 0. The molecule has 0 spiro atoms. The molecule has 0 fully saturated rings. The van der Waals surface area contributed by atoms with E-state index < -0.39 is 0 Å². The first kappa shape index (κ1) is 29.8. The molecule has 2 aromatic heterocycles. The molecule has 0 saturated carbocycles. The van der Waals surface area contributed by atoms with Gasteiger partial charge in [-0.1, -0.05) is 146 Å². The lowest BCUT2D eigenvalue weighted by molar-refractivity contribution is 0.673. The van der Waals surface area contributed by atoms with Crippen LogP contribution in [0.4, 0.5) is 0 Å². The summed E-state index contributed by atoms with van der Waals surface area (Å²) in [5.74, 6) is 0. The van der Waals surface area contributed by atoms with Gasteiger partial charge in [0.15, 0.2) is 0 Å². The summed E-state index contributed by atoms with van der Waals surface area (Å²) in [4.78, 5) is 0. The third kappa shape index (κ3) is 4.38. The van der Waals surface area contributed by atoms with Crippen molar-refractivity contribution >= 4 is 96.5 Å². The van der Waals surface area contributed by atoms with E-state index >= 15 is 0 Å². The van der Waals surface area contributed by atoms with Crippen LogP contribution in [0, 0.1) is 0 Å². The van der Waals surface area contributed by atoms with Crippen LogP contribution in [0.15, 0.2) is 186 Å². The van der Waals surface area contributed by atoms with E-state index in [2.05, 4.69) is 182 Å². The van der Waals surface area contributed by atoms with Crippen LogP contribution in [0.5, 0.6) is 0 Å². The molecule has 12 aromatic rings. The zero-order chi connectivity index (χ0) is 35.3. The zero-order valence-corrected chi connectivity index (χ0v) is 30.0. The fraction of sp³-hybridized carbons (Fsp3) is 0. The molecular formula is C52H30OS. The van der Waals surface area contributed by atoms with E-state index in [1.165, 1.54) is 102 Å². The average molecular weight is 703 g/mol. The molecule has 0 atom stereocenters. The lowest BCUT2D eigenvalue weighted by Gasteiger charge is -2.18. The van der Waals surface area contributed by atoms with Crippen LogP contribution in [-0.4, -0.2) is 0 Å². The smallest absolute Gasteiger partial charge is 0.143 e. The lowest BCUT2D eigenvalue weighted by atomic mass is 9.85. The van der Waals surface area contributed by atoms with Gasteiger partial charge in [-0.05, 0) is 107 Å².